The van der Waals surface area contributed by atoms with Gasteiger partial charge < -0.3 is 5.73 Å². The second kappa shape index (κ2) is 5.12. The molecular formula is C18H17FN4O. The van der Waals surface area contributed by atoms with Crippen molar-refractivity contribution in [1.82, 2.24) is 9.88 Å². The van der Waals surface area contributed by atoms with E-state index in [0.29, 0.717) is 11.1 Å². The number of benzene rings is 1. The number of hydrogen-bond acceptors (Lipinski definition) is 4. The SMILES string of the molecule is CN1C(=O)C(c2cccc(-c3cccnc3F)c2)(C2CC2)N=C1N. The maximum atomic E-state index is 14.0. The Labute approximate surface area is 139 Å². The van der Waals surface area contributed by atoms with E-state index in [2.05, 4.69) is 9.98 Å². The summed E-state index contributed by atoms with van der Waals surface area (Å²) in [5.74, 6) is -0.285. The van der Waals surface area contributed by atoms with Gasteiger partial charge in [-0.15, -0.1) is 0 Å². The largest absolute Gasteiger partial charge is 0.369 e. The summed E-state index contributed by atoms with van der Waals surface area (Å²) in [5.41, 5.74) is 6.76. The number of likely N-dealkylation sites (N-methyl/N-ethyl adjacent to an activating group) is 1. The van der Waals surface area contributed by atoms with Crippen LogP contribution in [0.25, 0.3) is 11.1 Å². The van der Waals surface area contributed by atoms with E-state index in [1.54, 1.807) is 25.2 Å². The number of guanidine groups is 1. The van der Waals surface area contributed by atoms with Crippen LogP contribution in [0.4, 0.5) is 4.39 Å². The van der Waals surface area contributed by atoms with Gasteiger partial charge in [-0.05, 0) is 48.1 Å². The van der Waals surface area contributed by atoms with Crippen LogP contribution >= 0.6 is 0 Å². The minimum Gasteiger partial charge on any atom is -0.369 e. The lowest BCUT2D eigenvalue weighted by Crippen LogP contribution is -2.41. The van der Waals surface area contributed by atoms with Crippen LogP contribution in [0.1, 0.15) is 18.4 Å². The maximum Gasteiger partial charge on any atom is 0.261 e. The van der Waals surface area contributed by atoms with Crippen molar-refractivity contribution in [2.24, 2.45) is 16.6 Å². The lowest BCUT2D eigenvalue weighted by molar-refractivity contribution is -0.131. The van der Waals surface area contributed by atoms with E-state index < -0.39 is 11.5 Å². The number of aromatic nitrogens is 1. The van der Waals surface area contributed by atoms with Crippen LogP contribution in [-0.2, 0) is 10.3 Å². The molecule has 0 bridgehead atoms. The predicted octanol–water partition coefficient (Wildman–Crippen LogP) is 2.28. The number of hydrogen-bond donors (Lipinski definition) is 1. The van der Waals surface area contributed by atoms with E-state index >= 15 is 0 Å². The Bertz CT molecular complexity index is 862. The van der Waals surface area contributed by atoms with Gasteiger partial charge in [0.15, 0.2) is 11.5 Å². The van der Waals surface area contributed by atoms with Crippen LogP contribution in [0.5, 0.6) is 0 Å². The molecule has 1 saturated carbocycles. The van der Waals surface area contributed by atoms with Gasteiger partial charge in [0, 0.05) is 18.8 Å². The number of carbonyl (C=O) groups excluding carboxylic acids is 1. The molecule has 2 N–H and O–H groups in total. The number of pyridine rings is 1. The zero-order valence-electron chi connectivity index (χ0n) is 13.2. The quantitative estimate of drug-likeness (QED) is 0.881. The zero-order chi connectivity index (χ0) is 16.9. The molecule has 1 amide bonds. The Morgan fingerprint density at radius 3 is 2.71 bits per heavy atom. The van der Waals surface area contributed by atoms with Crippen molar-refractivity contribution in [2.45, 2.75) is 18.4 Å². The Morgan fingerprint density at radius 2 is 2.08 bits per heavy atom. The third-order valence-electron chi connectivity index (χ3n) is 4.81. The highest BCUT2D eigenvalue weighted by atomic mass is 19.1. The van der Waals surface area contributed by atoms with Crippen LogP contribution in [0.3, 0.4) is 0 Å². The van der Waals surface area contributed by atoms with Gasteiger partial charge in [0.25, 0.3) is 5.91 Å². The number of carbonyl (C=O) groups is 1. The first kappa shape index (κ1) is 14.8. The second-order valence-electron chi connectivity index (χ2n) is 6.30. The van der Waals surface area contributed by atoms with Gasteiger partial charge in [-0.1, -0.05) is 18.2 Å². The van der Waals surface area contributed by atoms with E-state index in [9.17, 15) is 9.18 Å². The number of nitrogens with zero attached hydrogens (tertiary/aromatic N) is 3. The van der Waals surface area contributed by atoms with Gasteiger partial charge in [0.2, 0.25) is 5.95 Å². The molecule has 2 aromatic rings. The van der Waals surface area contributed by atoms with Crippen molar-refractivity contribution in [2.75, 3.05) is 7.05 Å². The summed E-state index contributed by atoms with van der Waals surface area (Å²) in [6.45, 7) is 0. The Balaban J connectivity index is 1.86. The molecule has 122 valence electrons. The van der Waals surface area contributed by atoms with E-state index in [0.717, 1.165) is 18.4 Å². The maximum absolute atomic E-state index is 14.0. The van der Waals surface area contributed by atoms with Crippen molar-refractivity contribution in [1.29, 1.82) is 0 Å². The second-order valence-corrected chi connectivity index (χ2v) is 6.30. The minimum absolute atomic E-state index is 0.119. The molecule has 1 fully saturated rings. The first-order valence-electron chi connectivity index (χ1n) is 7.89. The monoisotopic (exact) mass is 324 g/mol. The van der Waals surface area contributed by atoms with E-state index in [1.165, 1.54) is 11.1 Å². The van der Waals surface area contributed by atoms with Crippen LogP contribution in [-0.4, -0.2) is 28.8 Å². The highest BCUT2D eigenvalue weighted by molar-refractivity contribution is 6.07. The molecule has 1 aromatic carbocycles. The van der Waals surface area contributed by atoms with Crippen molar-refractivity contribution >= 4 is 11.9 Å². The summed E-state index contributed by atoms with van der Waals surface area (Å²) < 4.78 is 14.0. The molecule has 24 heavy (non-hydrogen) atoms. The molecule has 1 unspecified atom stereocenters. The molecule has 4 rings (SSSR count). The van der Waals surface area contributed by atoms with E-state index in [4.69, 9.17) is 5.73 Å². The topological polar surface area (TPSA) is 71.6 Å². The standard InChI is InChI=1S/C18H17FN4O/c1-23-16(24)18(12-7-8-12,22-17(23)20)13-5-2-4-11(10-13)14-6-3-9-21-15(14)19/h2-6,9-10,12H,7-8H2,1H3,(H2,20,22). The molecule has 0 saturated heterocycles. The zero-order valence-corrected chi connectivity index (χ0v) is 13.2. The molecule has 1 aliphatic carbocycles. The van der Waals surface area contributed by atoms with E-state index in [-0.39, 0.29) is 17.8 Å². The van der Waals surface area contributed by atoms with Gasteiger partial charge in [-0.2, -0.15) is 4.39 Å². The number of nitrogens with two attached hydrogens (primary N) is 1. The van der Waals surface area contributed by atoms with Gasteiger partial charge in [-0.25, -0.2) is 9.98 Å². The minimum atomic E-state index is -0.979. The van der Waals surface area contributed by atoms with Crippen LogP contribution in [0.15, 0.2) is 47.6 Å². The van der Waals surface area contributed by atoms with Crippen LogP contribution < -0.4 is 5.73 Å². The summed E-state index contributed by atoms with van der Waals surface area (Å²) in [6, 6.07) is 10.7. The first-order valence-corrected chi connectivity index (χ1v) is 7.89. The fourth-order valence-electron chi connectivity index (χ4n) is 3.38. The molecule has 2 heterocycles. The molecule has 1 aliphatic heterocycles. The molecule has 1 aromatic heterocycles. The number of amides is 1. The fourth-order valence-corrected chi connectivity index (χ4v) is 3.38. The lowest BCUT2D eigenvalue weighted by Gasteiger charge is -2.25. The summed E-state index contributed by atoms with van der Waals surface area (Å²) in [7, 11) is 1.63. The predicted molar refractivity (Wildman–Crippen MR) is 88.4 cm³/mol. The van der Waals surface area contributed by atoms with E-state index in [1.807, 2.05) is 18.2 Å². The summed E-state index contributed by atoms with van der Waals surface area (Å²) in [5, 5.41) is 0. The number of aliphatic imine (C=N–C) groups is 1. The summed E-state index contributed by atoms with van der Waals surface area (Å²) >= 11 is 0. The number of rotatable bonds is 3. The van der Waals surface area contributed by atoms with Gasteiger partial charge in [0.1, 0.15) is 0 Å². The molecule has 6 heteroatoms. The third kappa shape index (κ3) is 2.02. The molecule has 1 atom stereocenters. The highest BCUT2D eigenvalue weighted by Gasteiger charge is 2.57. The molecule has 5 nitrogen and oxygen atoms in total. The highest BCUT2D eigenvalue weighted by Crippen LogP contribution is 2.51. The van der Waals surface area contributed by atoms with Crippen molar-refractivity contribution in [3.05, 3.63) is 54.1 Å². The normalized spacial score (nSPS) is 23.5. The average molecular weight is 324 g/mol. The number of halogens is 1. The van der Waals surface area contributed by atoms with Crippen LogP contribution in [0, 0.1) is 11.9 Å². The van der Waals surface area contributed by atoms with Crippen LogP contribution in [0.2, 0.25) is 0 Å². The van der Waals surface area contributed by atoms with Crippen molar-refractivity contribution in [3.63, 3.8) is 0 Å². The third-order valence-corrected chi connectivity index (χ3v) is 4.81. The molecule has 0 spiro atoms. The van der Waals surface area contributed by atoms with Crippen molar-refractivity contribution < 1.29 is 9.18 Å². The Hall–Kier alpha value is -2.76. The summed E-state index contributed by atoms with van der Waals surface area (Å²) in [4.78, 5) is 22.5. The van der Waals surface area contributed by atoms with Gasteiger partial charge in [-0.3, -0.25) is 9.69 Å². The van der Waals surface area contributed by atoms with Crippen molar-refractivity contribution in [3.8, 4) is 11.1 Å². The first-order chi connectivity index (χ1) is 11.5. The molecular weight excluding hydrogens is 307 g/mol. The lowest BCUT2D eigenvalue weighted by atomic mass is 9.83. The molecule has 0 radical (unpaired) electrons. The van der Waals surface area contributed by atoms with Gasteiger partial charge in [0.05, 0.1) is 0 Å². The molecule has 2 aliphatic rings. The Morgan fingerprint density at radius 1 is 1.29 bits per heavy atom. The Kier molecular flexibility index (Phi) is 3.16. The smallest absolute Gasteiger partial charge is 0.261 e. The fraction of sp³-hybridized carbons (Fsp3) is 0.278. The summed E-state index contributed by atoms with van der Waals surface area (Å²) in [6.07, 6.45) is 3.28. The van der Waals surface area contributed by atoms with Gasteiger partial charge >= 0.3 is 0 Å². The average Bonchev–Trinajstić information content (AvgIpc) is 3.41.